The Kier molecular flexibility index (Phi) is 9.03. The Morgan fingerprint density at radius 1 is 0.892 bits per heavy atom. The molecule has 0 N–H and O–H groups in total. The van der Waals surface area contributed by atoms with Crippen LogP contribution in [0.15, 0.2) is 78.9 Å². The number of anilines is 2. The van der Waals surface area contributed by atoms with Crippen molar-refractivity contribution in [1.82, 2.24) is 0 Å². The molecule has 1 saturated carbocycles. The first kappa shape index (κ1) is 28.5. The molecule has 1 unspecified atom stereocenters. The van der Waals surface area contributed by atoms with Crippen molar-refractivity contribution in [1.29, 1.82) is 0 Å². The molecule has 6 rings (SSSR count). The van der Waals surface area contributed by atoms with Crippen LogP contribution in [-0.4, -0.2) is 8.24 Å². The summed E-state index contributed by atoms with van der Waals surface area (Å²) in [4.78, 5) is 0. The number of fused-ring (bicyclic) bond motifs is 5. The minimum atomic E-state index is -2.01. The van der Waals surface area contributed by atoms with E-state index < -0.39 is 25.3 Å². The molecule has 37 heavy (non-hydrogen) atoms. The van der Waals surface area contributed by atoms with Crippen LogP contribution in [0.5, 0.6) is 0 Å². The van der Waals surface area contributed by atoms with Crippen LogP contribution < -0.4 is 4.57 Å². The van der Waals surface area contributed by atoms with Crippen LogP contribution in [0.3, 0.4) is 0 Å². The van der Waals surface area contributed by atoms with E-state index in [9.17, 15) is 0 Å². The zero-order chi connectivity index (χ0) is 25.4. The van der Waals surface area contributed by atoms with Crippen molar-refractivity contribution in [2.24, 2.45) is 17.8 Å². The van der Waals surface area contributed by atoms with Gasteiger partial charge in [-0.05, 0) is 58.9 Å². The number of benzene rings is 3. The predicted octanol–water partition coefficient (Wildman–Crippen LogP) is 11.0. The third kappa shape index (κ3) is 5.11. The van der Waals surface area contributed by atoms with E-state index in [1.54, 1.807) is 5.56 Å². The molecule has 0 amide bonds. The summed E-state index contributed by atoms with van der Waals surface area (Å²) < 4.78 is 2.75. The quantitative estimate of drug-likeness (QED) is 0.222. The first-order chi connectivity index (χ1) is 17.4. The van der Waals surface area contributed by atoms with Crippen molar-refractivity contribution in [3.63, 3.8) is 0 Å². The molecule has 1 aliphatic heterocycles. The van der Waals surface area contributed by atoms with Gasteiger partial charge in [0.1, 0.15) is 0 Å². The maximum absolute atomic E-state index is 5.03. The summed E-state index contributed by atoms with van der Waals surface area (Å²) in [6.07, 6.45) is 6.28. The van der Waals surface area contributed by atoms with Crippen LogP contribution in [0.25, 0.3) is 11.4 Å². The van der Waals surface area contributed by atoms with Crippen molar-refractivity contribution in [3.05, 3.63) is 103 Å². The van der Waals surface area contributed by atoms with Crippen LogP contribution in [0.1, 0.15) is 37.3 Å². The molecule has 3 aromatic carbocycles. The summed E-state index contributed by atoms with van der Waals surface area (Å²) in [7, 11) is 7.77. The van der Waals surface area contributed by atoms with Crippen molar-refractivity contribution in [2.45, 2.75) is 44.8 Å². The number of rotatable bonds is 3. The summed E-state index contributed by atoms with van der Waals surface area (Å²) in [6, 6.07) is 26.6. The molecule has 0 bridgehead atoms. The van der Waals surface area contributed by atoms with E-state index in [4.69, 9.17) is 23.9 Å². The third-order valence-corrected chi connectivity index (χ3v) is 12.6. The average molecular weight is 584 g/mol. The zero-order valence-corrected chi connectivity index (χ0v) is 26.4. The van der Waals surface area contributed by atoms with Gasteiger partial charge in [0, 0.05) is 11.4 Å². The van der Waals surface area contributed by atoms with E-state index in [0.717, 1.165) is 17.3 Å². The zero-order valence-electron chi connectivity index (χ0n) is 22.3. The molecule has 1 heterocycles. The fraction of sp³-hybridized carbons (Fsp3) is 0.323. The average Bonchev–Trinajstić information content (AvgIpc) is 3.29. The summed E-state index contributed by atoms with van der Waals surface area (Å²) in [5.41, 5.74) is 8.46. The Hall–Kier alpha value is -1.49. The SMILES string of the molecule is CC(C)[C@@H]1C[C@@H]2c3ccccc3C=C[C@@H]2C1[Si](C)(C)N1c2ccccc2[N-]c2ccccc21.[CH3-].[Cl][Ti][Cl]. The van der Waals surface area contributed by atoms with Gasteiger partial charge in [0.05, 0.1) is 0 Å². The van der Waals surface area contributed by atoms with Crippen molar-refractivity contribution in [3.8, 4) is 0 Å². The molecule has 0 aromatic heterocycles. The summed E-state index contributed by atoms with van der Waals surface area (Å²) >= 11 is -0.556. The normalized spacial score (nSPS) is 22.8. The van der Waals surface area contributed by atoms with Crippen molar-refractivity contribution in [2.75, 3.05) is 4.57 Å². The van der Waals surface area contributed by atoms with Crippen LogP contribution in [0, 0.1) is 25.2 Å². The second kappa shape index (κ2) is 11.7. The van der Waals surface area contributed by atoms with Gasteiger partial charge in [0.25, 0.3) is 0 Å². The number of hydrogen-bond acceptors (Lipinski definition) is 1. The van der Waals surface area contributed by atoms with Gasteiger partial charge in [-0.25, -0.2) is 0 Å². The van der Waals surface area contributed by atoms with Gasteiger partial charge < -0.3 is 17.3 Å². The number of para-hydroxylation sites is 4. The topological polar surface area (TPSA) is 17.3 Å². The van der Waals surface area contributed by atoms with Crippen molar-refractivity contribution >= 4 is 55.7 Å². The van der Waals surface area contributed by atoms with Crippen LogP contribution in [0.4, 0.5) is 22.7 Å². The molecule has 0 radical (unpaired) electrons. The van der Waals surface area contributed by atoms with Crippen LogP contribution >= 0.6 is 18.6 Å². The fourth-order valence-corrected chi connectivity index (χ4v) is 11.9. The number of hydrogen-bond donors (Lipinski definition) is 0. The Labute approximate surface area is 241 Å². The molecule has 2 nitrogen and oxygen atoms in total. The Morgan fingerprint density at radius 2 is 1.43 bits per heavy atom. The van der Waals surface area contributed by atoms with Gasteiger partial charge in [-0.2, -0.15) is 0 Å². The summed E-state index contributed by atoms with van der Waals surface area (Å²) in [6.45, 7) is 10.1. The second-order valence-corrected chi connectivity index (χ2v) is 18.0. The first-order valence-corrected chi connectivity index (χ1v) is 20.1. The molecule has 0 saturated heterocycles. The number of nitrogens with zero attached hydrogens (tertiary/aromatic N) is 2. The molecular formula is C31H36Cl2N2SiTi-2. The van der Waals surface area contributed by atoms with E-state index >= 15 is 0 Å². The van der Waals surface area contributed by atoms with E-state index in [1.165, 1.54) is 23.4 Å². The molecular weight excluding hydrogens is 547 g/mol. The standard InChI is InChI=1S/C30H33N2Si.CH3.2ClH.Ti/c1-20(2)24-19-25-22-12-6-5-11-21(22)17-18-23(25)30(24)33(3,4)32-28-15-9-7-13-26(28)31-27-14-8-10-16-29(27)32;;;;/h5-18,20,23-25,30H,19H2,1-4H3;1H3;2*1H;/q2*-1;;;+2/p-2/t23-,24-,25+,30?;;;;/m0..../s1. The Balaban J connectivity index is 0.000000765. The monoisotopic (exact) mass is 582 g/mol. The second-order valence-electron chi connectivity index (χ2n) is 11.0. The molecule has 194 valence electrons. The first-order valence-electron chi connectivity index (χ1n) is 12.8. The van der Waals surface area contributed by atoms with Crippen molar-refractivity contribution < 1.29 is 17.0 Å². The molecule has 1 fully saturated rings. The predicted molar refractivity (Wildman–Crippen MR) is 162 cm³/mol. The van der Waals surface area contributed by atoms with Gasteiger partial charge in [-0.1, -0.05) is 99.8 Å². The number of allylic oxidation sites excluding steroid dienone is 1. The number of halogens is 2. The van der Waals surface area contributed by atoms with E-state index in [2.05, 4.69) is 116 Å². The summed E-state index contributed by atoms with van der Waals surface area (Å²) in [5, 5.41) is 5.03. The van der Waals surface area contributed by atoms with Gasteiger partial charge in [0.15, 0.2) is 8.24 Å². The molecule has 2 aliphatic carbocycles. The summed E-state index contributed by atoms with van der Waals surface area (Å²) in [5.74, 6) is 2.63. The van der Waals surface area contributed by atoms with Crippen LogP contribution in [0.2, 0.25) is 18.6 Å². The van der Waals surface area contributed by atoms with Gasteiger partial charge in [0.2, 0.25) is 0 Å². The molecule has 3 aromatic rings. The molecule has 4 atom stereocenters. The fourth-order valence-electron chi connectivity index (χ4n) is 7.14. The Bertz CT molecular complexity index is 1220. The molecule has 0 spiro atoms. The van der Waals surface area contributed by atoms with Gasteiger partial charge >= 0.3 is 35.6 Å². The van der Waals surface area contributed by atoms with E-state index in [0.29, 0.717) is 23.3 Å². The minimum absolute atomic E-state index is 0. The van der Waals surface area contributed by atoms with E-state index in [-0.39, 0.29) is 7.43 Å². The van der Waals surface area contributed by atoms with Crippen LogP contribution in [-0.2, 0) is 17.0 Å². The molecule has 3 aliphatic rings. The van der Waals surface area contributed by atoms with E-state index in [1.807, 2.05) is 0 Å². The maximum atomic E-state index is 5.03. The van der Waals surface area contributed by atoms with Gasteiger partial charge in [-0.15, -0.1) is 11.4 Å². The van der Waals surface area contributed by atoms with Gasteiger partial charge in [-0.3, -0.25) is 0 Å². The Morgan fingerprint density at radius 3 is 2.03 bits per heavy atom. The molecule has 6 heteroatoms. The third-order valence-electron chi connectivity index (χ3n) is 8.49.